The molecule has 1 N–H and O–H groups in total. The summed E-state index contributed by atoms with van der Waals surface area (Å²) < 4.78 is 2.43. The molecule has 1 atom stereocenters. The molecule has 3 rings (SSSR count). The Bertz CT molecular complexity index is 754. The molecule has 0 aliphatic heterocycles. The van der Waals surface area contributed by atoms with Crippen LogP contribution in [0.2, 0.25) is 0 Å². The van der Waals surface area contributed by atoms with Gasteiger partial charge in [0, 0.05) is 5.92 Å². The molecule has 0 bridgehead atoms. The maximum absolute atomic E-state index is 3.29. The number of aromatic amines is 1. The average Bonchev–Trinajstić information content (AvgIpc) is 3.34. The van der Waals surface area contributed by atoms with Gasteiger partial charge in [0.2, 0.25) is 6.33 Å². The number of benzene rings is 2. The van der Waals surface area contributed by atoms with Crippen molar-refractivity contribution < 1.29 is 4.57 Å². The first-order chi connectivity index (χ1) is 15.4. The Balaban J connectivity index is 1.65. The summed E-state index contributed by atoms with van der Waals surface area (Å²) in [5.74, 6) is 0.579. The number of nitrogens with one attached hydrogen (secondary N) is 1. The summed E-state index contributed by atoms with van der Waals surface area (Å²) in [5, 5.41) is 0. The molecule has 0 aliphatic carbocycles. The maximum Gasteiger partial charge on any atom is 0.241 e. The van der Waals surface area contributed by atoms with Crippen molar-refractivity contribution in [2.75, 3.05) is 0 Å². The first kappa shape index (κ1) is 23.3. The minimum atomic E-state index is 0.520. The molecule has 0 fully saturated rings. The van der Waals surface area contributed by atoms with Crippen molar-refractivity contribution in [1.82, 2.24) is 4.98 Å². The molecule has 2 heteroatoms. The topological polar surface area (TPSA) is 19.7 Å². The highest BCUT2D eigenvalue weighted by Gasteiger charge is 2.27. The van der Waals surface area contributed by atoms with Crippen LogP contribution in [-0.4, -0.2) is 4.98 Å². The van der Waals surface area contributed by atoms with Crippen molar-refractivity contribution in [2.45, 2.75) is 83.6 Å². The third kappa shape index (κ3) is 8.36. The van der Waals surface area contributed by atoms with Gasteiger partial charge in [0.1, 0.15) is 18.4 Å². The van der Waals surface area contributed by atoms with Crippen molar-refractivity contribution in [2.24, 2.45) is 5.92 Å². The molecule has 1 heterocycles. The highest BCUT2D eigenvalue weighted by atomic mass is 15.1. The first-order valence-electron chi connectivity index (χ1n) is 12.5. The maximum atomic E-state index is 3.29. The fraction of sp³-hybridized carbons (Fsp3) is 0.483. The highest BCUT2D eigenvalue weighted by Crippen LogP contribution is 2.27. The van der Waals surface area contributed by atoms with E-state index in [1.807, 2.05) is 0 Å². The molecule has 0 saturated carbocycles. The van der Waals surface area contributed by atoms with Gasteiger partial charge in [-0.1, -0.05) is 113 Å². The van der Waals surface area contributed by atoms with E-state index >= 15 is 0 Å². The van der Waals surface area contributed by atoms with Crippen molar-refractivity contribution >= 4 is 0 Å². The Kier molecular flexibility index (Phi) is 10.4. The van der Waals surface area contributed by atoms with Gasteiger partial charge >= 0.3 is 0 Å². The largest absolute Gasteiger partial charge is 0.250 e. The van der Waals surface area contributed by atoms with E-state index in [-0.39, 0.29) is 0 Å². The number of unbranched alkanes of at least 4 members (excludes halogenated alkanes) is 7. The number of H-pyrrole nitrogens is 1. The molecule has 0 aliphatic rings. The van der Waals surface area contributed by atoms with E-state index in [2.05, 4.69) is 95.9 Å². The van der Waals surface area contributed by atoms with E-state index in [0.717, 1.165) is 12.8 Å². The van der Waals surface area contributed by atoms with Gasteiger partial charge < -0.3 is 0 Å². The molecule has 31 heavy (non-hydrogen) atoms. The lowest BCUT2D eigenvalue weighted by atomic mass is 9.84. The summed E-state index contributed by atoms with van der Waals surface area (Å²) in [7, 11) is 0. The Labute approximate surface area is 189 Å². The van der Waals surface area contributed by atoms with E-state index in [1.54, 1.807) is 0 Å². The number of hydrogen-bond donors (Lipinski definition) is 1. The van der Waals surface area contributed by atoms with E-state index in [0.29, 0.717) is 12.0 Å². The lowest BCUT2D eigenvalue weighted by Crippen LogP contribution is -2.43. The van der Waals surface area contributed by atoms with Crippen LogP contribution in [0, 0.1) is 5.92 Å². The van der Waals surface area contributed by atoms with Gasteiger partial charge in [-0.15, -0.1) is 0 Å². The summed E-state index contributed by atoms with van der Waals surface area (Å²) in [6.07, 6.45) is 20.9. The third-order valence-corrected chi connectivity index (χ3v) is 6.53. The standard InChI is InChI=1S/C29H40N2/c1-2-3-4-5-6-7-8-15-20-29(31-22-21-30-25-31)28(23-26-16-11-9-12-17-26)24-27-18-13-10-14-19-27/h9-14,16-19,21-22,25,28-29H,2-8,15,20,23-24H2,1H3/p+1. The molecule has 0 amide bonds. The molecular formula is C29H41N2+. The molecule has 166 valence electrons. The van der Waals surface area contributed by atoms with E-state index < -0.39 is 0 Å². The van der Waals surface area contributed by atoms with Crippen LogP contribution < -0.4 is 4.57 Å². The van der Waals surface area contributed by atoms with Crippen LogP contribution in [-0.2, 0) is 12.8 Å². The minimum absolute atomic E-state index is 0.520. The van der Waals surface area contributed by atoms with Gasteiger partial charge in [0.25, 0.3) is 0 Å². The van der Waals surface area contributed by atoms with Crippen LogP contribution in [0.25, 0.3) is 0 Å². The summed E-state index contributed by atoms with van der Waals surface area (Å²) in [4.78, 5) is 3.29. The smallest absolute Gasteiger partial charge is 0.241 e. The molecule has 2 aromatic carbocycles. The van der Waals surface area contributed by atoms with Crippen molar-refractivity contribution in [3.05, 3.63) is 90.5 Å². The van der Waals surface area contributed by atoms with Crippen LogP contribution in [0.15, 0.2) is 79.4 Å². The Morgan fingerprint density at radius 3 is 1.77 bits per heavy atom. The second kappa shape index (κ2) is 13.9. The fourth-order valence-corrected chi connectivity index (χ4v) is 4.80. The molecule has 3 aromatic rings. The number of nitrogens with zero attached hydrogens (tertiary/aromatic N) is 1. The van der Waals surface area contributed by atoms with Crippen LogP contribution in [0.1, 0.15) is 81.9 Å². The molecule has 2 nitrogen and oxygen atoms in total. The normalized spacial score (nSPS) is 12.3. The molecule has 0 spiro atoms. The summed E-state index contributed by atoms with van der Waals surface area (Å²) in [6.45, 7) is 2.29. The zero-order valence-corrected chi connectivity index (χ0v) is 19.4. The monoisotopic (exact) mass is 417 g/mol. The second-order valence-corrected chi connectivity index (χ2v) is 9.03. The molecular weight excluding hydrogens is 376 g/mol. The van der Waals surface area contributed by atoms with E-state index in [9.17, 15) is 0 Å². The summed E-state index contributed by atoms with van der Waals surface area (Å²) >= 11 is 0. The van der Waals surface area contributed by atoms with Gasteiger partial charge in [-0.2, -0.15) is 0 Å². The highest BCUT2D eigenvalue weighted by molar-refractivity contribution is 5.18. The van der Waals surface area contributed by atoms with Crippen LogP contribution in [0.3, 0.4) is 0 Å². The summed E-state index contributed by atoms with van der Waals surface area (Å²) in [6, 6.07) is 22.6. The lowest BCUT2D eigenvalue weighted by molar-refractivity contribution is -0.729. The van der Waals surface area contributed by atoms with Crippen LogP contribution >= 0.6 is 0 Å². The van der Waals surface area contributed by atoms with Crippen molar-refractivity contribution in [3.63, 3.8) is 0 Å². The number of hydrogen-bond acceptors (Lipinski definition) is 0. The molecule has 1 aromatic heterocycles. The SMILES string of the molecule is CCCCCCCCCCC(C(Cc1ccccc1)Cc1ccccc1)[n+]1cc[nH]c1. The molecule has 0 saturated heterocycles. The van der Waals surface area contributed by atoms with Gasteiger partial charge in [-0.05, 0) is 36.8 Å². The van der Waals surface area contributed by atoms with Gasteiger partial charge in [0.15, 0.2) is 0 Å². The van der Waals surface area contributed by atoms with Gasteiger partial charge in [-0.25, -0.2) is 4.57 Å². The lowest BCUT2D eigenvalue weighted by Gasteiger charge is -2.25. The predicted octanol–water partition coefficient (Wildman–Crippen LogP) is 7.48. The Morgan fingerprint density at radius 1 is 0.710 bits per heavy atom. The zero-order valence-electron chi connectivity index (χ0n) is 19.4. The summed E-state index contributed by atoms with van der Waals surface area (Å²) in [5.41, 5.74) is 2.89. The predicted molar refractivity (Wildman–Crippen MR) is 131 cm³/mol. The quantitative estimate of drug-likeness (QED) is 0.195. The van der Waals surface area contributed by atoms with Gasteiger partial charge in [-0.3, -0.25) is 4.98 Å². The van der Waals surface area contributed by atoms with Crippen molar-refractivity contribution in [1.29, 1.82) is 0 Å². The number of imidazole rings is 1. The van der Waals surface area contributed by atoms with Crippen LogP contribution in [0.5, 0.6) is 0 Å². The first-order valence-corrected chi connectivity index (χ1v) is 12.5. The van der Waals surface area contributed by atoms with Crippen molar-refractivity contribution in [3.8, 4) is 0 Å². The fourth-order valence-electron chi connectivity index (χ4n) is 4.80. The Morgan fingerprint density at radius 2 is 1.26 bits per heavy atom. The van der Waals surface area contributed by atoms with E-state index in [1.165, 1.54) is 68.9 Å². The second-order valence-electron chi connectivity index (χ2n) is 9.03. The number of rotatable bonds is 15. The average molecular weight is 418 g/mol. The van der Waals surface area contributed by atoms with Gasteiger partial charge in [0.05, 0.1) is 0 Å². The molecule has 0 radical (unpaired) electrons. The Hall–Kier alpha value is -2.35. The zero-order chi connectivity index (χ0) is 21.6. The minimum Gasteiger partial charge on any atom is -0.250 e. The van der Waals surface area contributed by atoms with Crippen LogP contribution in [0.4, 0.5) is 0 Å². The molecule has 1 unspecified atom stereocenters. The third-order valence-electron chi connectivity index (χ3n) is 6.53. The number of aromatic nitrogens is 2. The van der Waals surface area contributed by atoms with E-state index in [4.69, 9.17) is 0 Å².